The molecule has 19 heavy (non-hydrogen) atoms. The molecule has 2 rings (SSSR count). The summed E-state index contributed by atoms with van der Waals surface area (Å²) >= 11 is 0. The molecule has 0 unspecified atom stereocenters. The first-order valence-corrected chi connectivity index (χ1v) is 7.04. The van der Waals surface area contributed by atoms with Crippen LogP contribution in [0.4, 0.5) is 4.39 Å². The summed E-state index contributed by atoms with van der Waals surface area (Å²) < 4.78 is 12.0. The summed E-state index contributed by atoms with van der Waals surface area (Å²) in [7, 11) is 0. The van der Waals surface area contributed by atoms with Crippen molar-refractivity contribution < 1.29 is 4.39 Å². The van der Waals surface area contributed by atoms with Gasteiger partial charge in [0.2, 0.25) is 0 Å². The predicted molar refractivity (Wildman–Crippen MR) is 75.6 cm³/mol. The Hall–Kier alpha value is -1.62. The smallest absolute Gasteiger partial charge is 0.108 e. The first kappa shape index (κ1) is 13.8. The fourth-order valence-corrected chi connectivity index (χ4v) is 2.91. The lowest BCUT2D eigenvalue weighted by atomic mass is 9.77. The van der Waals surface area contributed by atoms with Crippen LogP contribution in [-0.2, 0) is 0 Å². The number of hydrogen-bond donors (Lipinski definition) is 0. The number of alkyl halides is 1. The number of hydrogen-bond acceptors (Lipinski definition) is 1. The minimum atomic E-state index is -0.347. The number of allylic oxidation sites excluding steroid dienone is 2. The number of nitriles is 1. The second-order valence-corrected chi connectivity index (χ2v) is 5.31. The molecule has 1 saturated carbocycles. The summed E-state index contributed by atoms with van der Waals surface area (Å²) in [6.45, 7) is -0.347. The van der Waals surface area contributed by atoms with Gasteiger partial charge in [-0.1, -0.05) is 24.3 Å². The Morgan fingerprint density at radius 1 is 1.11 bits per heavy atom. The third-order valence-corrected chi connectivity index (χ3v) is 4.08. The highest BCUT2D eigenvalue weighted by Crippen LogP contribution is 2.37. The molecular weight excluding hydrogens is 237 g/mol. The van der Waals surface area contributed by atoms with Crippen LogP contribution in [0.15, 0.2) is 36.4 Å². The molecule has 1 aromatic rings. The van der Waals surface area contributed by atoms with Crippen LogP contribution in [0.1, 0.15) is 49.1 Å². The maximum Gasteiger partial charge on any atom is 0.108 e. The average Bonchev–Trinajstić information content (AvgIpc) is 2.48. The third-order valence-electron chi connectivity index (χ3n) is 4.08. The summed E-state index contributed by atoms with van der Waals surface area (Å²) in [5, 5.41) is 8.79. The van der Waals surface area contributed by atoms with E-state index in [-0.39, 0.29) is 6.67 Å². The van der Waals surface area contributed by atoms with Gasteiger partial charge in [0.15, 0.2) is 0 Å². The highest BCUT2D eigenvalue weighted by atomic mass is 19.1. The second-order valence-electron chi connectivity index (χ2n) is 5.31. The van der Waals surface area contributed by atoms with Crippen molar-refractivity contribution in [1.29, 1.82) is 5.26 Å². The lowest BCUT2D eigenvalue weighted by molar-refractivity contribution is 0.328. The van der Waals surface area contributed by atoms with Crippen molar-refractivity contribution in [1.82, 2.24) is 0 Å². The van der Waals surface area contributed by atoms with Crippen LogP contribution in [0, 0.1) is 17.2 Å². The maximum absolute atomic E-state index is 12.0. The van der Waals surface area contributed by atoms with Gasteiger partial charge >= 0.3 is 0 Å². The van der Waals surface area contributed by atoms with Crippen molar-refractivity contribution in [3.05, 3.63) is 47.5 Å². The summed E-state index contributed by atoms with van der Waals surface area (Å²) in [6.07, 6.45) is 9.48. The Kier molecular flexibility index (Phi) is 5.15. The lowest BCUT2D eigenvalue weighted by Gasteiger charge is -2.28. The molecule has 0 atom stereocenters. The minimum absolute atomic E-state index is 0.347. The quantitative estimate of drug-likeness (QED) is 0.714. The normalized spacial score (nSPS) is 23.4. The molecule has 1 aliphatic carbocycles. The fraction of sp³-hybridized carbons (Fsp3) is 0.471. The van der Waals surface area contributed by atoms with Gasteiger partial charge in [-0.25, -0.2) is 4.39 Å². The zero-order valence-electron chi connectivity index (χ0n) is 11.2. The van der Waals surface area contributed by atoms with Gasteiger partial charge in [-0.15, -0.1) is 0 Å². The molecule has 2 heteroatoms. The average molecular weight is 257 g/mol. The first-order valence-electron chi connectivity index (χ1n) is 7.04. The lowest BCUT2D eigenvalue weighted by Crippen LogP contribution is -2.12. The van der Waals surface area contributed by atoms with Gasteiger partial charge in [0.25, 0.3) is 0 Å². The monoisotopic (exact) mass is 257 g/mol. The molecule has 0 aromatic heterocycles. The number of rotatable bonds is 4. The van der Waals surface area contributed by atoms with Crippen molar-refractivity contribution in [2.75, 3.05) is 6.67 Å². The van der Waals surface area contributed by atoms with E-state index in [0.717, 1.165) is 17.9 Å². The van der Waals surface area contributed by atoms with Gasteiger partial charge in [0.05, 0.1) is 11.6 Å². The highest BCUT2D eigenvalue weighted by molar-refractivity contribution is 5.33. The Morgan fingerprint density at radius 3 is 2.37 bits per heavy atom. The largest absolute Gasteiger partial charge is 0.247 e. The van der Waals surface area contributed by atoms with Gasteiger partial charge < -0.3 is 0 Å². The zero-order valence-corrected chi connectivity index (χ0v) is 11.2. The van der Waals surface area contributed by atoms with Crippen LogP contribution in [0.25, 0.3) is 0 Å². The Labute approximate surface area is 114 Å². The maximum atomic E-state index is 12.0. The van der Waals surface area contributed by atoms with Gasteiger partial charge in [0, 0.05) is 0 Å². The Morgan fingerprint density at radius 2 is 1.79 bits per heavy atom. The van der Waals surface area contributed by atoms with Crippen LogP contribution in [0.3, 0.4) is 0 Å². The van der Waals surface area contributed by atoms with Crippen LogP contribution in [-0.4, -0.2) is 6.67 Å². The minimum Gasteiger partial charge on any atom is -0.247 e. The Balaban J connectivity index is 1.85. The van der Waals surface area contributed by atoms with Gasteiger partial charge in [0.1, 0.15) is 6.67 Å². The van der Waals surface area contributed by atoms with Gasteiger partial charge in [-0.05, 0) is 61.6 Å². The summed E-state index contributed by atoms with van der Waals surface area (Å²) in [4.78, 5) is 0. The van der Waals surface area contributed by atoms with Crippen molar-refractivity contribution in [2.24, 2.45) is 5.92 Å². The number of benzene rings is 1. The van der Waals surface area contributed by atoms with Crippen molar-refractivity contribution in [2.45, 2.75) is 38.0 Å². The van der Waals surface area contributed by atoms with E-state index >= 15 is 0 Å². The molecule has 1 nitrogen and oxygen atoms in total. The third kappa shape index (κ3) is 3.92. The van der Waals surface area contributed by atoms with E-state index in [1.165, 1.54) is 31.2 Å². The molecule has 0 bridgehead atoms. The first-order chi connectivity index (χ1) is 9.33. The van der Waals surface area contributed by atoms with Crippen molar-refractivity contribution in [3.63, 3.8) is 0 Å². The molecule has 0 N–H and O–H groups in total. The summed E-state index contributed by atoms with van der Waals surface area (Å²) in [5.41, 5.74) is 2.09. The number of halogens is 1. The van der Waals surface area contributed by atoms with Crippen LogP contribution >= 0.6 is 0 Å². The topological polar surface area (TPSA) is 23.8 Å². The van der Waals surface area contributed by atoms with E-state index in [9.17, 15) is 4.39 Å². The molecule has 1 fully saturated rings. The SMILES string of the molecule is N#Cc1ccc(C2CCC(C/C=C/CF)CC2)cc1. The van der Waals surface area contributed by atoms with Crippen molar-refractivity contribution in [3.8, 4) is 6.07 Å². The van der Waals surface area contributed by atoms with E-state index < -0.39 is 0 Å². The molecule has 1 aliphatic rings. The van der Waals surface area contributed by atoms with Gasteiger partial charge in [-0.3, -0.25) is 0 Å². The van der Waals surface area contributed by atoms with Gasteiger partial charge in [-0.2, -0.15) is 5.26 Å². The Bertz CT molecular complexity index is 447. The molecule has 1 aromatic carbocycles. The fourth-order valence-electron chi connectivity index (χ4n) is 2.91. The zero-order chi connectivity index (χ0) is 13.5. The van der Waals surface area contributed by atoms with Crippen LogP contribution in [0.5, 0.6) is 0 Å². The summed E-state index contributed by atoms with van der Waals surface area (Å²) in [5.74, 6) is 1.35. The van der Waals surface area contributed by atoms with E-state index in [1.54, 1.807) is 6.08 Å². The molecular formula is C17H20FN. The second kappa shape index (κ2) is 7.09. The molecule has 0 saturated heterocycles. The van der Waals surface area contributed by atoms with E-state index in [0.29, 0.717) is 5.92 Å². The van der Waals surface area contributed by atoms with E-state index in [1.807, 2.05) is 18.2 Å². The van der Waals surface area contributed by atoms with E-state index in [2.05, 4.69) is 18.2 Å². The predicted octanol–water partition coefficient (Wildman–Crippen LogP) is 4.75. The van der Waals surface area contributed by atoms with Crippen LogP contribution in [0.2, 0.25) is 0 Å². The highest BCUT2D eigenvalue weighted by Gasteiger charge is 2.21. The van der Waals surface area contributed by atoms with Crippen LogP contribution < -0.4 is 0 Å². The number of nitrogens with zero attached hydrogens (tertiary/aromatic N) is 1. The molecule has 100 valence electrons. The summed E-state index contributed by atoms with van der Waals surface area (Å²) in [6, 6.07) is 10.2. The molecule has 0 amide bonds. The van der Waals surface area contributed by atoms with Crippen molar-refractivity contribution >= 4 is 0 Å². The molecule has 0 radical (unpaired) electrons. The molecule has 0 aliphatic heterocycles. The molecule has 0 spiro atoms. The standard InChI is InChI=1S/C17H20FN/c18-12-2-1-3-14-4-8-16(9-5-14)17-10-6-15(13-19)7-11-17/h1-2,6-7,10-11,14,16H,3-5,8-9,12H2/b2-1+. The van der Waals surface area contributed by atoms with E-state index in [4.69, 9.17) is 5.26 Å². The molecule has 0 heterocycles.